The second-order valence-corrected chi connectivity index (χ2v) is 5.00. The van der Waals surface area contributed by atoms with E-state index in [0.29, 0.717) is 0 Å². The van der Waals surface area contributed by atoms with Gasteiger partial charge in [-0.3, -0.25) is 4.90 Å². The Morgan fingerprint density at radius 3 is 3.05 bits per heavy atom. The number of ether oxygens (including phenoxy) is 1. The number of nitrogens with zero attached hydrogens (tertiary/aromatic N) is 4. The van der Waals surface area contributed by atoms with Crippen LogP contribution in [-0.2, 0) is 18.3 Å². The Bertz CT molecular complexity index is 547. The van der Waals surface area contributed by atoms with Gasteiger partial charge in [0.05, 0.1) is 13.2 Å². The predicted octanol–water partition coefficient (Wildman–Crippen LogP) is 1.03. The Hall–Kier alpha value is -1.66. The van der Waals surface area contributed by atoms with Crippen LogP contribution in [0.2, 0.25) is 0 Å². The molecule has 0 aromatic carbocycles. The van der Waals surface area contributed by atoms with Crippen molar-refractivity contribution in [2.75, 3.05) is 19.7 Å². The summed E-state index contributed by atoms with van der Waals surface area (Å²) in [5.41, 5.74) is 1.07. The summed E-state index contributed by atoms with van der Waals surface area (Å²) >= 11 is 0. The third kappa shape index (κ3) is 2.69. The van der Waals surface area contributed by atoms with Gasteiger partial charge in [-0.15, -0.1) is 0 Å². The molecule has 0 radical (unpaired) electrons. The monoisotopic (exact) mass is 261 g/mol. The van der Waals surface area contributed by atoms with Crippen molar-refractivity contribution in [3.8, 4) is 0 Å². The van der Waals surface area contributed by atoms with E-state index in [1.165, 1.54) is 0 Å². The normalized spacial score (nSPS) is 20.8. The summed E-state index contributed by atoms with van der Waals surface area (Å²) in [5.74, 6) is 2.00. The first-order valence-corrected chi connectivity index (χ1v) is 6.54. The van der Waals surface area contributed by atoms with E-state index in [0.717, 1.165) is 43.6 Å². The number of aryl methyl sites for hydroxylation is 2. The van der Waals surface area contributed by atoms with E-state index in [4.69, 9.17) is 4.74 Å². The van der Waals surface area contributed by atoms with Gasteiger partial charge in [0.15, 0.2) is 0 Å². The van der Waals surface area contributed by atoms with E-state index in [1.54, 1.807) is 0 Å². The maximum absolute atomic E-state index is 5.79. The van der Waals surface area contributed by atoms with Gasteiger partial charge < -0.3 is 14.3 Å². The lowest BCUT2D eigenvalue weighted by Crippen LogP contribution is -2.38. The number of nitrogens with one attached hydrogen (secondary N) is 1. The molecule has 0 aliphatic carbocycles. The third-order valence-electron chi connectivity index (χ3n) is 3.46. The topological polar surface area (TPSA) is 59.0 Å². The largest absolute Gasteiger partial charge is 0.368 e. The lowest BCUT2D eigenvalue weighted by molar-refractivity contribution is -0.0378. The van der Waals surface area contributed by atoms with Crippen molar-refractivity contribution in [1.29, 1.82) is 0 Å². The molecule has 1 saturated heterocycles. The summed E-state index contributed by atoms with van der Waals surface area (Å²) in [6, 6.07) is 0. The molecule has 1 atom stereocenters. The fourth-order valence-corrected chi connectivity index (χ4v) is 2.36. The van der Waals surface area contributed by atoms with Crippen LogP contribution in [-0.4, -0.2) is 44.1 Å². The Morgan fingerprint density at radius 1 is 1.47 bits per heavy atom. The first-order valence-electron chi connectivity index (χ1n) is 6.54. The van der Waals surface area contributed by atoms with Crippen LogP contribution >= 0.6 is 0 Å². The van der Waals surface area contributed by atoms with Crippen LogP contribution in [0.5, 0.6) is 0 Å². The lowest BCUT2D eigenvalue weighted by Gasteiger charge is -2.31. The molecule has 1 fully saturated rings. The predicted molar refractivity (Wildman–Crippen MR) is 70.5 cm³/mol. The van der Waals surface area contributed by atoms with Crippen molar-refractivity contribution in [2.24, 2.45) is 7.05 Å². The number of aromatic nitrogens is 4. The molecule has 3 heterocycles. The van der Waals surface area contributed by atoms with Crippen molar-refractivity contribution < 1.29 is 4.74 Å². The molecule has 2 aromatic rings. The molecule has 3 rings (SSSR count). The fraction of sp³-hybridized carbons (Fsp3) is 0.538. The molecule has 1 unspecified atom stereocenters. The van der Waals surface area contributed by atoms with Crippen LogP contribution in [0.25, 0.3) is 0 Å². The molecule has 0 bridgehead atoms. The summed E-state index contributed by atoms with van der Waals surface area (Å²) in [5, 5.41) is 0. The van der Waals surface area contributed by atoms with Crippen molar-refractivity contribution in [1.82, 2.24) is 24.4 Å². The fourth-order valence-electron chi connectivity index (χ4n) is 2.36. The molecule has 2 aromatic heterocycles. The third-order valence-corrected chi connectivity index (χ3v) is 3.46. The molecule has 19 heavy (non-hydrogen) atoms. The summed E-state index contributed by atoms with van der Waals surface area (Å²) in [4.78, 5) is 14.3. The highest BCUT2D eigenvalue weighted by atomic mass is 16.5. The van der Waals surface area contributed by atoms with Crippen molar-refractivity contribution in [3.05, 3.63) is 35.9 Å². The zero-order chi connectivity index (χ0) is 13.2. The average molecular weight is 261 g/mol. The number of imidazole rings is 2. The van der Waals surface area contributed by atoms with Crippen LogP contribution in [0.3, 0.4) is 0 Å². The second kappa shape index (κ2) is 5.14. The number of H-pyrrole nitrogens is 1. The van der Waals surface area contributed by atoms with E-state index in [-0.39, 0.29) is 6.10 Å². The Labute approximate surface area is 112 Å². The molecule has 0 saturated carbocycles. The van der Waals surface area contributed by atoms with Gasteiger partial charge in [0.1, 0.15) is 17.8 Å². The average Bonchev–Trinajstić information content (AvgIpc) is 3.00. The highest BCUT2D eigenvalue weighted by Crippen LogP contribution is 2.20. The molecule has 6 nitrogen and oxygen atoms in total. The number of hydrogen-bond donors (Lipinski definition) is 1. The van der Waals surface area contributed by atoms with Gasteiger partial charge in [0.2, 0.25) is 0 Å². The van der Waals surface area contributed by atoms with Crippen LogP contribution in [0.1, 0.15) is 23.4 Å². The molecule has 0 spiro atoms. The number of rotatable bonds is 3. The molecule has 102 valence electrons. The molecule has 6 heteroatoms. The van der Waals surface area contributed by atoms with Gasteiger partial charge in [-0.25, -0.2) is 9.97 Å². The smallest absolute Gasteiger partial charge is 0.136 e. The van der Waals surface area contributed by atoms with E-state index >= 15 is 0 Å². The van der Waals surface area contributed by atoms with Gasteiger partial charge in [-0.05, 0) is 6.92 Å². The Kier molecular flexibility index (Phi) is 3.35. The van der Waals surface area contributed by atoms with Crippen molar-refractivity contribution >= 4 is 0 Å². The van der Waals surface area contributed by atoms with Crippen LogP contribution in [0, 0.1) is 6.92 Å². The van der Waals surface area contributed by atoms with Gasteiger partial charge >= 0.3 is 0 Å². The minimum absolute atomic E-state index is 0.0303. The van der Waals surface area contributed by atoms with Gasteiger partial charge in [0.25, 0.3) is 0 Å². The van der Waals surface area contributed by atoms with Crippen LogP contribution in [0.15, 0.2) is 18.6 Å². The minimum Gasteiger partial charge on any atom is -0.368 e. The molecule has 1 aliphatic heterocycles. The Balaban J connectivity index is 1.66. The molecule has 1 aliphatic rings. The van der Waals surface area contributed by atoms with Crippen molar-refractivity contribution in [3.63, 3.8) is 0 Å². The highest BCUT2D eigenvalue weighted by molar-refractivity contribution is 5.03. The van der Waals surface area contributed by atoms with Crippen LogP contribution in [0.4, 0.5) is 0 Å². The molecular weight excluding hydrogens is 242 g/mol. The Morgan fingerprint density at radius 2 is 2.37 bits per heavy atom. The van der Waals surface area contributed by atoms with Gasteiger partial charge in [-0.1, -0.05) is 0 Å². The standard InChI is InChI=1S/C13H19N5O/c1-10-7-15-13(16-10)11-8-18(5-6-19-11)9-12-14-3-4-17(12)2/h3-4,7,11H,5-6,8-9H2,1-2H3,(H,15,16). The number of aromatic amines is 1. The minimum atomic E-state index is 0.0303. The molecular formula is C13H19N5O. The van der Waals surface area contributed by atoms with Gasteiger partial charge in [-0.2, -0.15) is 0 Å². The molecule has 0 amide bonds. The number of hydrogen-bond acceptors (Lipinski definition) is 4. The van der Waals surface area contributed by atoms with E-state index in [2.05, 4.69) is 24.4 Å². The zero-order valence-electron chi connectivity index (χ0n) is 11.3. The van der Waals surface area contributed by atoms with E-state index in [9.17, 15) is 0 Å². The van der Waals surface area contributed by atoms with E-state index in [1.807, 2.05) is 32.6 Å². The first kappa shape index (κ1) is 12.4. The summed E-state index contributed by atoms with van der Waals surface area (Å²) in [6.07, 6.45) is 5.69. The zero-order valence-corrected chi connectivity index (χ0v) is 11.3. The quantitative estimate of drug-likeness (QED) is 0.896. The number of morpholine rings is 1. The van der Waals surface area contributed by atoms with Gasteiger partial charge in [0, 0.05) is 44.4 Å². The summed E-state index contributed by atoms with van der Waals surface area (Å²) in [6.45, 7) is 5.37. The lowest BCUT2D eigenvalue weighted by atomic mass is 10.2. The SMILES string of the molecule is Cc1cnc(C2CN(Cc3nccn3C)CCO2)[nH]1. The molecule has 1 N–H and O–H groups in total. The van der Waals surface area contributed by atoms with Crippen molar-refractivity contribution in [2.45, 2.75) is 19.6 Å². The maximum Gasteiger partial charge on any atom is 0.136 e. The summed E-state index contributed by atoms with van der Waals surface area (Å²) in [7, 11) is 2.02. The van der Waals surface area contributed by atoms with E-state index < -0.39 is 0 Å². The second-order valence-electron chi connectivity index (χ2n) is 5.00. The highest BCUT2D eigenvalue weighted by Gasteiger charge is 2.24. The summed E-state index contributed by atoms with van der Waals surface area (Å²) < 4.78 is 7.85. The maximum atomic E-state index is 5.79. The first-order chi connectivity index (χ1) is 9.22. The van der Waals surface area contributed by atoms with Crippen LogP contribution < -0.4 is 0 Å².